The minimum atomic E-state index is -0.974. The van der Waals surface area contributed by atoms with E-state index >= 15 is 0 Å². The van der Waals surface area contributed by atoms with Crippen LogP contribution in [0.2, 0.25) is 0 Å². The molecule has 0 unspecified atom stereocenters. The van der Waals surface area contributed by atoms with Crippen molar-refractivity contribution >= 4 is 12.1 Å². The normalized spacial score (nSPS) is 22.3. The Bertz CT molecular complexity index is 365. The zero-order chi connectivity index (χ0) is 13.6. The number of nitrogens with one attached hydrogen (secondary N) is 1. The maximum Gasteiger partial charge on any atom is 0.410 e. The van der Waals surface area contributed by atoms with Gasteiger partial charge in [0.15, 0.2) is 5.54 Å². The van der Waals surface area contributed by atoms with Crippen LogP contribution in [0.3, 0.4) is 0 Å². The first-order chi connectivity index (χ1) is 8.22. The second-order valence-electron chi connectivity index (χ2n) is 6.14. The molecule has 6 nitrogen and oxygen atoms in total. The summed E-state index contributed by atoms with van der Waals surface area (Å²) in [7, 11) is 0. The SMILES string of the molecule is CC(C)(C)OC(=O)N1CC(NC2CC2)(C(=O)O)C1. The van der Waals surface area contributed by atoms with Crippen molar-refractivity contribution in [2.24, 2.45) is 0 Å². The summed E-state index contributed by atoms with van der Waals surface area (Å²) in [5, 5.41) is 12.4. The lowest BCUT2D eigenvalue weighted by Gasteiger charge is -2.47. The Balaban J connectivity index is 1.90. The molecule has 2 N–H and O–H groups in total. The molecule has 102 valence electrons. The van der Waals surface area contributed by atoms with Crippen molar-refractivity contribution in [1.29, 1.82) is 0 Å². The van der Waals surface area contributed by atoms with Crippen LogP contribution < -0.4 is 5.32 Å². The summed E-state index contributed by atoms with van der Waals surface area (Å²) in [4.78, 5) is 24.4. The summed E-state index contributed by atoms with van der Waals surface area (Å²) >= 11 is 0. The van der Waals surface area contributed by atoms with Gasteiger partial charge in [0.2, 0.25) is 0 Å². The van der Waals surface area contributed by atoms with E-state index in [9.17, 15) is 14.7 Å². The van der Waals surface area contributed by atoms with E-state index in [1.807, 2.05) is 0 Å². The quantitative estimate of drug-likeness (QED) is 0.781. The van der Waals surface area contributed by atoms with Gasteiger partial charge >= 0.3 is 12.1 Å². The molecule has 0 bridgehead atoms. The van der Waals surface area contributed by atoms with Gasteiger partial charge in [-0.2, -0.15) is 0 Å². The third-order valence-electron chi connectivity index (χ3n) is 3.04. The zero-order valence-electron chi connectivity index (χ0n) is 11.0. The molecule has 1 aliphatic carbocycles. The molecule has 1 aliphatic heterocycles. The number of ether oxygens (including phenoxy) is 1. The molecular formula is C12H20N2O4. The van der Waals surface area contributed by atoms with Gasteiger partial charge in [-0.1, -0.05) is 0 Å². The van der Waals surface area contributed by atoms with E-state index in [4.69, 9.17) is 4.74 Å². The Morgan fingerprint density at radius 3 is 2.28 bits per heavy atom. The summed E-state index contributed by atoms with van der Waals surface area (Å²) < 4.78 is 5.20. The van der Waals surface area contributed by atoms with Gasteiger partial charge in [0.05, 0.1) is 13.1 Å². The highest BCUT2D eigenvalue weighted by Gasteiger charge is 2.54. The summed E-state index contributed by atoms with van der Waals surface area (Å²) in [6.45, 7) is 5.72. The molecular weight excluding hydrogens is 236 g/mol. The number of rotatable bonds is 3. The second kappa shape index (κ2) is 4.12. The maximum atomic E-state index is 11.7. The van der Waals surface area contributed by atoms with Crippen LogP contribution in [0.5, 0.6) is 0 Å². The highest BCUT2D eigenvalue weighted by Crippen LogP contribution is 2.29. The van der Waals surface area contributed by atoms with Crippen molar-refractivity contribution in [3.63, 3.8) is 0 Å². The van der Waals surface area contributed by atoms with Gasteiger partial charge in [0.1, 0.15) is 5.60 Å². The lowest BCUT2D eigenvalue weighted by molar-refractivity contribution is -0.152. The Morgan fingerprint density at radius 2 is 1.89 bits per heavy atom. The first-order valence-corrected chi connectivity index (χ1v) is 6.21. The van der Waals surface area contributed by atoms with Crippen LogP contribution in [0.15, 0.2) is 0 Å². The van der Waals surface area contributed by atoms with Crippen LogP contribution in [0.1, 0.15) is 33.6 Å². The number of carboxylic acids is 1. The fraction of sp³-hybridized carbons (Fsp3) is 0.833. The number of likely N-dealkylation sites (tertiary alicyclic amines) is 1. The van der Waals surface area contributed by atoms with Crippen LogP contribution in [0, 0.1) is 0 Å². The van der Waals surface area contributed by atoms with Gasteiger partial charge < -0.3 is 14.7 Å². The lowest BCUT2D eigenvalue weighted by atomic mass is 9.90. The Kier molecular flexibility index (Phi) is 3.01. The van der Waals surface area contributed by atoms with Gasteiger partial charge in [-0.05, 0) is 33.6 Å². The number of aliphatic carboxylic acids is 1. The molecule has 0 aromatic rings. The highest BCUT2D eigenvalue weighted by molar-refractivity contribution is 5.84. The van der Waals surface area contributed by atoms with Crippen molar-refractivity contribution in [3.05, 3.63) is 0 Å². The van der Waals surface area contributed by atoms with Crippen LogP contribution >= 0.6 is 0 Å². The average Bonchev–Trinajstić information content (AvgIpc) is 2.89. The Morgan fingerprint density at radius 1 is 1.33 bits per heavy atom. The zero-order valence-corrected chi connectivity index (χ0v) is 11.0. The van der Waals surface area contributed by atoms with Gasteiger partial charge in [-0.15, -0.1) is 0 Å². The fourth-order valence-electron chi connectivity index (χ4n) is 1.97. The van der Waals surface area contributed by atoms with E-state index in [-0.39, 0.29) is 13.1 Å². The van der Waals surface area contributed by atoms with Crippen LogP contribution in [0.4, 0.5) is 4.79 Å². The molecule has 1 heterocycles. The molecule has 2 fully saturated rings. The van der Waals surface area contributed by atoms with Gasteiger partial charge in [-0.25, -0.2) is 4.79 Å². The van der Waals surface area contributed by atoms with E-state index in [0.717, 1.165) is 12.8 Å². The van der Waals surface area contributed by atoms with E-state index in [1.54, 1.807) is 20.8 Å². The smallest absolute Gasteiger partial charge is 0.410 e. The largest absolute Gasteiger partial charge is 0.480 e. The predicted molar refractivity (Wildman–Crippen MR) is 64.3 cm³/mol. The minimum absolute atomic E-state index is 0.174. The molecule has 0 atom stereocenters. The number of carboxylic acid groups (broad SMARTS) is 1. The number of amides is 1. The molecule has 0 radical (unpaired) electrons. The van der Waals surface area contributed by atoms with E-state index in [0.29, 0.717) is 6.04 Å². The van der Waals surface area contributed by atoms with Crippen molar-refractivity contribution in [3.8, 4) is 0 Å². The van der Waals surface area contributed by atoms with E-state index in [2.05, 4.69) is 5.32 Å². The average molecular weight is 256 g/mol. The van der Waals surface area contributed by atoms with Crippen LogP contribution in [-0.4, -0.2) is 52.3 Å². The van der Waals surface area contributed by atoms with Gasteiger partial charge in [0, 0.05) is 6.04 Å². The second-order valence-corrected chi connectivity index (χ2v) is 6.14. The maximum absolute atomic E-state index is 11.7. The molecule has 2 rings (SSSR count). The standard InChI is InChI=1S/C12H20N2O4/c1-11(2,3)18-10(17)14-6-12(7-14,9(15)16)13-8-4-5-8/h8,13H,4-7H2,1-3H3,(H,15,16). The molecule has 6 heteroatoms. The minimum Gasteiger partial charge on any atom is -0.480 e. The topological polar surface area (TPSA) is 78.9 Å². The molecule has 0 spiro atoms. The van der Waals surface area contributed by atoms with Crippen molar-refractivity contribution in [1.82, 2.24) is 10.2 Å². The summed E-state index contributed by atoms with van der Waals surface area (Å²) in [6.07, 6.45) is 1.58. The summed E-state index contributed by atoms with van der Waals surface area (Å²) in [5.41, 5.74) is -1.53. The van der Waals surface area contributed by atoms with E-state index < -0.39 is 23.2 Å². The molecule has 0 aromatic heterocycles. The molecule has 1 saturated carbocycles. The Hall–Kier alpha value is -1.30. The molecule has 18 heavy (non-hydrogen) atoms. The molecule has 1 amide bonds. The highest BCUT2D eigenvalue weighted by atomic mass is 16.6. The number of carbonyl (C=O) groups excluding carboxylic acids is 1. The van der Waals surface area contributed by atoms with Crippen molar-refractivity contribution in [2.75, 3.05) is 13.1 Å². The van der Waals surface area contributed by atoms with E-state index in [1.165, 1.54) is 4.90 Å². The van der Waals surface area contributed by atoms with Crippen LogP contribution in [0.25, 0.3) is 0 Å². The number of nitrogens with zero attached hydrogens (tertiary/aromatic N) is 1. The Labute approximate surface area is 106 Å². The van der Waals surface area contributed by atoms with Crippen molar-refractivity contribution in [2.45, 2.75) is 50.8 Å². The molecule has 2 aliphatic rings. The fourth-order valence-corrected chi connectivity index (χ4v) is 1.97. The first-order valence-electron chi connectivity index (χ1n) is 6.21. The third kappa shape index (κ3) is 2.75. The van der Waals surface area contributed by atoms with Gasteiger partial charge in [0.25, 0.3) is 0 Å². The summed E-state index contributed by atoms with van der Waals surface area (Å²) in [5.74, 6) is -0.894. The van der Waals surface area contributed by atoms with Gasteiger partial charge in [-0.3, -0.25) is 10.1 Å². The monoisotopic (exact) mass is 256 g/mol. The molecule has 1 saturated heterocycles. The summed E-state index contributed by atoms with van der Waals surface area (Å²) in [6, 6.07) is 0.293. The molecule has 0 aromatic carbocycles. The lowest BCUT2D eigenvalue weighted by Crippen LogP contribution is -2.74. The number of hydrogen-bond donors (Lipinski definition) is 2. The number of carbonyl (C=O) groups is 2. The van der Waals surface area contributed by atoms with Crippen molar-refractivity contribution < 1.29 is 19.4 Å². The first kappa shape index (κ1) is 13.1. The number of hydrogen-bond acceptors (Lipinski definition) is 4. The van der Waals surface area contributed by atoms with Crippen LogP contribution in [-0.2, 0) is 9.53 Å². The third-order valence-corrected chi connectivity index (χ3v) is 3.04. The predicted octanol–water partition coefficient (Wildman–Crippen LogP) is 0.812.